The Morgan fingerprint density at radius 2 is 1.95 bits per heavy atom. The lowest BCUT2D eigenvalue weighted by molar-refractivity contribution is -0.385. The van der Waals surface area contributed by atoms with Gasteiger partial charge in [0.1, 0.15) is 12.0 Å². The number of nitro groups is 2. The molecule has 0 bridgehead atoms. The highest BCUT2D eigenvalue weighted by Gasteiger charge is 2.21. The van der Waals surface area contributed by atoms with E-state index in [9.17, 15) is 25.0 Å². The SMILES string of the molecule is CCCCc1nc2ccc(Br)cc2c(=O)n1N=Cc1cccc([N+](=O)[O-])c1Oc1ccc([N+](=O)[O-])cn1. The molecule has 0 saturated carbocycles. The summed E-state index contributed by atoms with van der Waals surface area (Å²) in [7, 11) is 0. The van der Waals surface area contributed by atoms with Gasteiger partial charge in [-0.25, -0.2) is 9.97 Å². The third-order valence-corrected chi connectivity index (χ3v) is 5.79. The number of ether oxygens (including phenoxy) is 1. The molecule has 2 heterocycles. The Morgan fingerprint density at radius 1 is 1.14 bits per heavy atom. The van der Waals surface area contributed by atoms with Gasteiger partial charge in [0.05, 0.1) is 27.0 Å². The Kier molecular flexibility index (Phi) is 7.63. The summed E-state index contributed by atoms with van der Waals surface area (Å²) in [6.45, 7) is 2.02. The number of aryl methyl sites for hydroxylation is 1. The molecule has 0 amide bonds. The van der Waals surface area contributed by atoms with Crippen LogP contribution in [0.15, 0.2) is 69.1 Å². The van der Waals surface area contributed by atoms with Crippen molar-refractivity contribution in [3.8, 4) is 11.6 Å². The number of pyridine rings is 1. The molecule has 0 aliphatic heterocycles. The van der Waals surface area contributed by atoms with Gasteiger partial charge in [-0.2, -0.15) is 9.78 Å². The monoisotopic (exact) mass is 566 g/mol. The van der Waals surface area contributed by atoms with Gasteiger partial charge in [-0.05, 0) is 30.7 Å². The fourth-order valence-electron chi connectivity index (χ4n) is 3.47. The standard InChI is InChI=1S/C24H19BrN6O6/c1-2-3-7-21-28-19-10-8-16(25)12-18(19)24(32)29(21)27-13-15-5-4-6-20(31(35)36)23(15)37-22-11-9-17(14-26-22)30(33)34/h4-6,8-14H,2-3,7H2,1H3. The van der Waals surface area contributed by atoms with Gasteiger partial charge in [0.15, 0.2) is 0 Å². The number of benzene rings is 2. The van der Waals surface area contributed by atoms with Crippen LogP contribution in [-0.4, -0.2) is 30.7 Å². The number of hydrogen-bond acceptors (Lipinski definition) is 9. The van der Waals surface area contributed by atoms with E-state index in [2.05, 4.69) is 31.0 Å². The summed E-state index contributed by atoms with van der Waals surface area (Å²) in [5.41, 5.74) is -0.292. The van der Waals surface area contributed by atoms with Crippen LogP contribution >= 0.6 is 15.9 Å². The Labute approximate surface area is 217 Å². The van der Waals surface area contributed by atoms with E-state index in [4.69, 9.17) is 4.74 Å². The smallest absolute Gasteiger partial charge is 0.312 e. The zero-order chi connectivity index (χ0) is 26.5. The molecule has 12 nitrogen and oxygen atoms in total. The Balaban J connectivity index is 1.81. The van der Waals surface area contributed by atoms with Crippen molar-refractivity contribution in [1.82, 2.24) is 14.6 Å². The first-order valence-electron chi connectivity index (χ1n) is 11.1. The summed E-state index contributed by atoms with van der Waals surface area (Å²) in [4.78, 5) is 43.1. The van der Waals surface area contributed by atoms with E-state index >= 15 is 0 Å². The highest BCUT2D eigenvalue weighted by Crippen LogP contribution is 2.33. The maximum Gasteiger partial charge on any atom is 0.312 e. The van der Waals surface area contributed by atoms with Crippen molar-refractivity contribution < 1.29 is 14.6 Å². The highest BCUT2D eigenvalue weighted by atomic mass is 79.9. The average molecular weight is 567 g/mol. The molecule has 2 aromatic carbocycles. The van der Waals surface area contributed by atoms with Crippen LogP contribution in [0.1, 0.15) is 31.2 Å². The Bertz CT molecular complexity index is 1590. The van der Waals surface area contributed by atoms with E-state index in [1.165, 1.54) is 41.2 Å². The molecule has 0 fully saturated rings. The number of hydrogen-bond donors (Lipinski definition) is 0. The van der Waals surface area contributed by atoms with Gasteiger partial charge in [-0.3, -0.25) is 25.0 Å². The van der Waals surface area contributed by atoms with Crippen LogP contribution in [0.3, 0.4) is 0 Å². The van der Waals surface area contributed by atoms with E-state index in [0.717, 1.165) is 19.0 Å². The highest BCUT2D eigenvalue weighted by molar-refractivity contribution is 9.10. The van der Waals surface area contributed by atoms with Crippen LogP contribution < -0.4 is 10.3 Å². The molecule has 188 valence electrons. The van der Waals surface area contributed by atoms with E-state index in [1.807, 2.05) is 6.92 Å². The number of nitrogens with zero attached hydrogens (tertiary/aromatic N) is 6. The van der Waals surface area contributed by atoms with Gasteiger partial charge in [0, 0.05) is 34.7 Å². The van der Waals surface area contributed by atoms with Gasteiger partial charge in [-0.15, -0.1) is 0 Å². The topological polar surface area (TPSA) is 156 Å². The molecule has 0 saturated heterocycles. The minimum absolute atomic E-state index is 0.0902. The molecule has 0 N–H and O–H groups in total. The van der Waals surface area contributed by atoms with E-state index in [0.29, 0.717) is 27.6 Å². The second kappa shape index (κ2) is 11.0. The summed E-state index contributed by atoms with van der Waals surface area (Å²) in [6, 6.07) is 11.8. The van der Waals surface area contributed by atoms with Crippen LogP contribution in [0, 0.1) is 20.2 Å². The number of aromatic nitrogens is 3. The minimum atomic E-state index is -0.633. The quantitative estimate of drug-likeness (QED) is 0.148. The first kappa shape index (κ1) is 25.6. The van der Waals surface area contributed by atoms with E-state index < -0.39 is 15.4 Å². The molecule has 2 aromatic heterocycles. The van der Waals surface area contributed by atoms with Gasteiger partial charge >= 0.3 is 5.69 Å². The molecule has 4 aromatic rings. The molecule has 0 aliphatic carbocycles. The zero-order valence-corrected chi connectivity index (χ0v) is 21.0. The number of nitro benzene ring substituents is 1. The van der Waals surface area contributed by atoms with Gasteiger partial charge in [0.2, 0.25) is 11.6 Å². The van der Waals surface area contributed by atoms with Gasteiger partial charge in [-0.1, -0.05) is 35.3 Å². The lowest BCUT2D eigenvalue weighted by atomic mass is 10.2. The predicted octanol–water partition coefficient (Wildman–Crippen LogP) is 5.39. The third-order valence-electron chi connectivity index (χ3n) is 5.30. The second-order valence-electron chi connectivity index (χ2n) is 7.82. The number of para-hydroxylation sites is 1. The second-order valence-corrected chi connectivity index (χ2v) is 8.74. The van der Waals surface area contributed by atoms with E-state index in [1.54, 1.807) is 18.2 Å². The van der Waals surface area contributed by atoms with Gasteiger partial charge in [0.25, 0.3) is 11.2 Å². The lowest BCUT2D eigenvalue weighted by Gasteiger charge is -2.10. The summed E-state index contributed by atoms with van der Waals surface area (Å²) in [5.74, 6) is 0.174. The number of halogens is 1. The Morgan fingerprint density at radius 3 is 2.62 bits per heavy atom. The van der Waals surface area contributed by atoms with Crippen molar-refractivity contribution in [1.29, 1.82) is 0 Å². The van der Waals surface area contributed by atoms with Crippen molar-refractivity contribution in [3.05, 3.63) is 101 Å². The minimum Gasteiger partial charge on any atom is -0.431 e. The molecule has 0 unspecified atom stereocenters. The summed E-state index contributed by atoms with van der Waals surface area (Å²) in [6.07, 6.45) is 4.41. The average Bonchev–Trinajstić information content (AvgIpc) is 2.88. The number of rotatable bonds is 9. The van der Waals surface area contributed by atoms with Crippen molar-refractivity contribution >= 4 is 44.4 Å². The summed E-state index contributed by atoms with van der Waals surface area (Å²) in [5, 5.41) is 27.3. The number of fused-ring (bicyclic) bond motifs is 1. The lowest BCUT2D eigenvalue weighted by Crippen LogP contribution is -2.22. The molecule has 0 spiro atoms. The van der Waals surface area contributed by atoms with Crippen molar-refractivity contribution in [2.45, 2.75) is 26.2 Å². The molecule has 0 atom stereocenters. The van der Waals surface area contributed by atoms with E-state index in [-0.39, 0.29) is 28.6 Å². The normalized spacial score (nSPS) is 11.2. The van der Waals surface area contributed by atoms with Crippen molar-refractivity contribution in [2.75, 3.05) is 0 Å². The van der Waals surface area contributed by atoms with Gasteiger partial charge < -0.3 is 4.74 Å². The molecule has 37 heavy (non-hydrogen) atoms. The maximum absolute atomic E-state index is 13.3. The molecular formula is C24H19BrN6O6. The molecular weight excluding hydrogens is 548 g/mol. The van der Waals surface area contributed by atoms with Crippen LogP contribution in [0.4, 0.5) is 11.4 Å². The molecule has 0 radical (unpaired) electrons. The maximum atomic E-state index is 13.3. The summed E-state index contributed by atoms with van der Waals surface area (Å²) < 4.78 is 7.55. The van der Waals surface area contributed by atoms with Crippen molar-refractivity contribution in [2.24, 2.45) is 5.10 Å². The fourth-order valence-corrected chi connectivity index (χ4v) is 3.84. The Hall–Kier alpha value is -4.52. The molecule has 13 heteroatoms. The van der Waals surface area contributed by atoms with Crippen LogP contribution in [0.5, 0.6) is 11.6 Å². The van der Waals surface area contributed by atoms with Crippen LogP contribution in [-0.2, 0) is 6.42 Å². The summed E-state index contributed by atoms with van der Waals surface area (Å²) >= 11 is 3.36. The van der Waals surface area contributed by atoms with Crippen molar-refractivity contribution in [3.63, 3.8) is 0 Å². The first-order valence-corrected chi connectivity index (χ1v) is 11.9. The van der Waals surface area contributed by atoms with Crippen LogP contribution in [0.25, 0.3) is 10.9 Å². The zero-order valence-electron chi connectivity index (χ0n) is 19.4. The predicted molar refractivity (Wildman–Crippen MR) is 139 cm³/mol. The first-order chi connectivity index (χ1) is 17.8. The van der Waals surface area contributed by atoms with Crippen LogP contribution in [0.2, 0.25) is 0 Å². The number of unbranched alkanes of at least 4 members (excludes halogenated alkanes) is 1. The largest absolute Gasteiger partial charge is 0.431 e. The third kappa shape index (κ3) is 5.67. The molecule has 4 rings (SSSR count). The fraction of sp³-hybridized carbons (Fsp3) is 0.167. The molecule has 0 aliphatic rings.